The van der Waals surface area contributed by atoms with Crippen molar-refractivity contribution in [2.75, 3.05) is 5.32 Å². The number of carbonyl (C=O) groups excluding carboxylic acids is 1. The molecule has 0 radical (unpaired) electrons. The molecule has 132 valence electrons. The van der Waals surface area contributed by atoms with Crippen LogP contribution in [0, 0.1) is 19.7 Å². The van der Waals surface area contributed by atoms with Crippen LogP contribution in [0.1, 0.15) is 32.7 Å². The van der Waals surface area contributed by atoms with Gasteiger partial charge in [0.05, 0.1) is 11.4 Å². The molecule has 1 amide bonds. The molecule has 3 aromatic rings. The predicted octanol–water partition coefficient (Wildman–Crippen LogP) is 4.63. The fourth-order valence-corrected chi connectivity index (χ4v) is 4.23. The Morgan fingerprint density at radius 3 is 2.50 bits per heavy atom. The average molecular weight is 367 g/mol. The van der Waals surface area contributed by atoms with Crippen molar-refractivity contribution >= 4 is 23.5 Å². The summed E-state index contributed by atoms with van der Waals surface area (Å²) in [7, 11) is 0. The van der Waals surface area contributed by atoms with Crippen LogP contribution in [-0.2, 0) is 11.5 Å². The molecule has 2 aromatic carbocycles. The van der Waals surface area contributed by atoms with E-state index in [2.05, 4.69) is 10.4 Å². The third-order valence-electron chi connectivity index (χ3n) is 4.34. The standard InChI is InChI=1S/C20H18FN3OS/c1-12-7-13(2)9-14(8-12)20(25)22-19-17-10-26-11-18(17)23-24(19)16-5-3-15(21)4-6-16/h3-9H,10-11H2,1-2H3,(H,22,25). The van der Waals surface area contributed by atoms with E-state index in [-0.39, 0.29) is 11.7 Å². The molecular formula is C20H18FN3OS. The van der Waals surface area contributed by atoms with Crippen LogP contribution in [-0.4, -0.2) is 15.7 Å². The summed E-state index contributed by atoms with van der Waals surface area (Å²) in [6, 6.07) is 11.9. The number of nitrogens with one attached hydrogen (secondary N) is 1. The first-order valence-corrected chi connectivity index (χ1v) is 9.51. The van der Waals surface area contributed by atoms with E-state index in [1.807, 2.05) is 32.0 Å². The Hall–Kier alpha value is -2.60. The molecule has 1 N–H and O–H groups in total. The molecule has 4 rings (SSSR count). The van der Waals surface area contributed by atoms with Gasteiger partial charge in [-0.25, -0.2) is 9.07 Å². The number of halogens is 1. The van der Waals surface area contributed by atoms with Gasteiger partial charge in [0.15, 0.2) is 0 Å². The van der Waals surface area contributed by atoms with E-state index >= 15 is 0 Å². The third kappa shape index (κ3) is 3.12. The molecule has 2 heterocycles. The number of aryl methyl sites for hydroxylation is 2. The Balaban J connectivity index is 1.73. The third-order valence-corrected chi connectivity index (χ3v) is 5.31. The van der Waals surface area contributed by atoms with Crippen LogP contribution in [0.5, 0.6) is 0 Å². The van der Waals surface area contributed by atoms with Crippen molar-refractivity contribution in [2.45, 2.75) is 25.4 Å². The largest absolute Gasteiger partial charge is 0.306 e. The minimum absolute atomic E-state index is 0.167. The van der Waals surface area contributed by atoms with Crippen LogP contribution in [0.2, 0.25) is 0 Å². The minimum Gasteiger partial charge on any atom is -0.306 e. The summed E-state index contributed by atoms with van der Waals surface area (Å²) < 4.78 is 15.0. The van der Waals surface area contributed by atoms with E-state index < -0.39 is 0 Å². The second kappa shape index (κ2) is 6.61. The Labute approximate surface area is 155 Å². The van der Waals surface area contributed by atoms with Gasteiger partial charge < -0.3 is 5.32 Å². The molecule has 1 aliphatic heterocycles. The van der Waals surface area contributed by atoms with Crippen molar-refractivity contribution < 1.29 is 9.18 Å². The van der Waals surface area contributed by atoms with E-state index in [4.69, 9.17) is 0 Å². The number of benzene rings is 2. The van der Waals surface area contributed by atoms with Crippen LogP contribution in [0.4, 0.5) is 10.2 Å². The first-order chi connectivity index (χ1) is 12.5. The normalized spacial score (nSPS) is 12.9. The molecule has 1 aromatic heterocycles. The van der Waals surface area contributed by atoms with Crippen molar-refractivity contribution in [3.63, 3.8) is 0 Å². The number of anilines is 1. The summed E-state index contributed by atoms with van der Waals surface area (Å²) in [5.74, 6) is 1.82. The molecule has 0 atom stereocenters. The van der Waals surface area contributed by atoms with Crippen LogP contribution in [0.3, 0.4) is 0 Å². The molecular weight excluding hydrogens is 349 g/mol. The lowest BCUT2D eigenvalue weighted by atomic mass is 10.1. The van der Waals surface area contributed by atoms with E-state index in [0.717, 1.165) is 39.6 Å². The molecule has 0 saturated heterocycles. The lowest BCUT2D eigenvalue weighted by Gasteiger charge is -2.12. The zero-order valence-electron chi connectivity index (χ0n) is 14.5. The number of nitrogens with zero attached hydrogens (tertiary/aromatic N) is 2. The van der Waals surface area contributed by atoms with Gasteiger partial charge in [0.1, 0.15) is 11.6 Å². The van der Waals surface area contributed by atoms with Gasteiger partial charge in [-0.1, -0.05) is 17.2 Å². The van der Waals surface area contributed by atoms with Gasteiger partial charge in [0.25, 0.3) is 5.91 Å². The number of rotatable bonds is 3. The Bertz CT molecular complexity index is 975. The van der Waals surface area contributed by atoms with Gasteiger partial charge in [-0.3, -0.25) is 4.79 Å². The number of fused-ring (bicyclic) bond motifs is 1. The SMILES string of the molecule is Cc1cc(C)cc(C(=O)Nc2c3c(nn2-c2ccc(F)cc2)CSC3)c1. The molecule has 0 fully saturated rings. The number of carbonyl (C=O) groups is 1. The highest BCUT2D eigenvalue weighted by molar-refractivity contribution is 7.98. The van der Waals surface area contributed by atoms with Crippen LogP contribution in [0.15, 0.2) is 42.5 Å². The van der Waals surface area contributed by atoms with Gasteiger partial charge in [-0.05, 0) is 50.2 Å². The van der Waals surface area contributed by atoms with E-state index in [9.17, 15) is 9.18 Å². The van der Waals surface area contributed by atoms with Crippen LogP contribution >= 0.6 is 11.8 Å². The summed E-state index contributed by atoms with van der Waals surface area (Å²) >= 11 is 1.77. The second-order valence-electron chi connectivity index (χ2n) is 6.49. The lowest BCUT2D eigenvalue weighted by molar-refractivity contribution is 0.102. The number of aromatic nitrogens is 2. The number of thioether (sulfide) groups is 1. The highest BCUT2D eigenvalue weighted by Crippen LogP contribution is 2.36. The van der Waals surface area contributed by atoms with Gasteiger partial charge in [-0.15, -0.1) is 0 Å². The van der Waals surface area contributed by atoms with Crippen molar-refractivity contribution in [2.24, 2.45) is 0 Å². The molecule has 4 nitrogen and oxygen atoms in total. The first-order valence-electron chi connectivity index (χ1n) is 8.35. The summed E-state index contributed by atoms with van der Waals surface area (Å²) in [4.78, 5) is 12.8. The zero-order chi connectivity index (χ0) is 18.3. The van der Waals surface area contributed by atoms with Crippen molar-refractivity contribution in [1.82, 2.24) is 9.78 Å². The summed E-state index contributed by atoms with van der Waals surface area (Å²) in [6.45, 7) is 3.95. The Morgan fingerprint density at radius 1 is 1.12 bits per heavy atom. The molecule has 0 saturated carbocycles. The molecule has 0 aliphatic carbocycles. The second-order valence-corrected chi connectivity index (χ2v) is 7.47. The van der Waals surface area contributed by atoms with Crippen LogP contribution in [0.25, 0.3) is 5.69 Å². The maximum absolute atomic E-state index is 13.3. The van der Waals surface area contributed by atoms with Gasteiger partial charge in [0.2, 0.25) is 0 Å². The summed E-state index contributed by atoms with van der Waals surface area (Å²) in [5.41, 5.74) is 5.44. The lowest BCUT2D eigenvalue weighted by Crippen LogP contribution is -2.16. The van der Waals surface area contributed by atoms with Crippen molar-refractivity contribution in [3.8, 4) is 5.69 Å². The Morgan fingerprint density at radius 2 is 1.81 bits per heavy atom. The molecule has 26 heavy (non-hydrogen) atoms. The molecule has 1 aliphatic rings. The Kier molecular flexibility index (Phi) is 4.28. The monoisotopic (exact) mass is 367 g/mol. The van der Waals surface area contributed by atoms with Gasteiger partial charge in [0, 0.05) is 22.6 Å². The molecule has 0 unspecified atom stereocenters. The van der Waals surface area contributed by atoms with Crippen molar-refractivity contribution in [1.29, 1.82) is 0 Å². The minimum atomic E-state index is -0.301. The quantitative estimate of drug-likeness (QED) is 0.734. The van der Waals surface area contributed by atoms with Gasteiger partial charge in [-0.2, -0.15) is 16.9 Å². The fourth-order valence-electron chi connectivity index (χ4n) is 3.20. The number of hydrogen-bond donors (Lipinski definition) is 1. The number of hydrogen-bond acceptors (Lipinski definition) is 3. The predicted molar refractivity (Wildman–Crippen MR) is 102 cm³/mol. The van der Waals surface area contributed by atoms with E-state index in [1.165, 1.54) is 12.1 Å². The van der Waals surface area contributed by atoms with E-state index in [1.54, 1.807) is 28.6 Å². The average Bonchev–Trinajstić information content (AvgIpc) is 3.17. The fraction of sp³-hybridized carbons (Fsp3) is 0.200. The summed E-state index contributed by atoms with van der Waals surface area (Å²) in [6.07, 6.45) is 0. The first kappa shape index (κ1) is 16.8. The van der Waals surface area contributed by atoms with E-state index in [0.29, 0.717) is 11.4 Å². The van der Waals surface area contributed by atoms with Crippen molar-refractivity contribution in [3.05, 3.63) is 76.2 Å². The van der Waals surface area contributed by atoms with Gasteiger partial charge >= 0.3 is 0 Å². The maximum Gasteiger partial charge on any atom is 0.256 e. The highest BCUT2D eigenvalue weighted by Gasteiger charge is 2.25. The smallest absolute Gasteiger partial charge is 0.256 e. The molecule has 0 bridgehead atoms. The molecule has 0 spiro atoms. The molecule has 6 heteroatoms. The highest BCUT2D eigenvalue weighted by atomic mass is 32.2. The zero-order valence-corrected chi connectivity index (χ0v) is 15.4. The number of amides is 1. The maximum atomic E-state index is 13.3. The summed E-state index contributed by atoms with van der Waals surface area (Å²) in [5, 5.41) is 7.66. The topological polar surface area (TPSA) is 46.9 Å². The van der Waals surface area contributed by atoms with Crippen LogP contribution < -0.4 is 5.32 Å².